The molecule has 1 heterocycles. The summed E-state index contributed by atoms with van der Waals surface area (Å²) in [6.45, 7) is 0.246. The quantitative estimate of drug-likeness (QED) is 0.599. The fraction of sp³-hybridized carbons (Fsp3) is 0.250. The van der Waals surface area contributed by atoms with E-state index in [1.165, 1.54) is 13.2 Å². The van der Waals surface area contributed by atoms with Crippen molar-refractivity contribution in [2.24, 2.45) is 4.99 Å². The summed E-state index contributed by atoms with van der Waals surface area (Å²) >= 11 is 3.29. The minimum atomic E-state index is 0.246. The normalized spacial score (nSPS) is 9.08. The van der Waals surface area contributed by atoms with Crippen LogP contribution in [0.1, 0.15) is 5.56 Å². The molecule has 0 aliphatic carbocycles. The number of hydrogen-bond acceptors (Lipinski definition) is 4. The van der Waals surface area contributed by atoms with Gasteiger partial charge in [0.15, 0.2) is 0 Å². The van der Waals surface area contributed by atoms with Crippen molar-refractivity contribution in [1.82, 2.24) is 4.98 Å². The SMILES string of the molecule is COc1cncc(Br)c1CN=C=O. The van der Waals surface area contributed by atoms with Gasteiger partial charge in [0.25, 0.3) is 0 Å². The fourth-order valence-electron chi connectivity index (χ4n) is 0.885. The summed E-state index contributed by atoms with van der Waals surface area (Å²) in [5.74, 6) is 0.605. The first-order valence-electron chi connectivity index (χ1n) is 3.49. The molecule has 0 atom stereocenters. The maximum absolute atomic E-state index is 9.93. The lowest BCUT2D eigenvalue weighted by atomic mass is 10.2. The molecule has 0 bridgehead atoms. The number of rotatable bonds is 3. The third-order valence-electron chi connectivity index (χ3n) is 1.49. The number of methoxy groups -OCH3 is 1. The Kier molecular flexibility index (Phi) is 3.61. The molecule has 5 heteroatoms. The molecule has 68 valence electrons. The van der Waals surface area contributed by atoms with E-state index in [1.807, 2.05) is 0 Å². The third-order valence-corrected chi connectivity index (χ3v) is 2.17. The first-order valence-corrected chi connectivity index (χ1v) is 4.29. The van der Waals surface area contributed by atoms with Crippen LogP contribution in [-0.4, -0.2) is 18.2 Å². The molecule has 0 amide bonds. The number of aromatic nitrogens is 1. The lowest BCUT2D eigenvalue weighted by Crippen LogP contribution is -1.93. The van der Waals surface area contributed by atoms with Gasteiger partial charge in [-0.05, 0) is 15.9 Å². The summed E-state index contributed by atoms with van der Waals surface area (Å²) in [4.78, 5) is 17.3. The van der Waals surface area contributed by atoms with Gasteiger partial charge in [-0.1, -0.05) is 0 Å². The molecule has 1 aromatic heterocycles. The van der Waals surface area contributed by atoms with E-state index in [2.05, 4.69) is 25.9 Å². The fourth-order valence-corrected chi connectivity index (χ4v) is 1.32. The van der Waals surface area contributed by atoms with Gasteiger partial charge in [0.2, 0.25) is 6.08 Å². The number of pyridine rings is 1. The monoisotopic (exact) mass is 242 g/mol. The summed E-state index contributed by atoms with van der Waals surface area (Å²) in [5, 5.41) is 0. The van der Waals surface area contributed by atoms with Crippen LogP contribution in [0.15, 0.2) is 21.9 Å². The molecule has 0 radical (unpaired) electrons. The number of nitrogens with zero attached hydrogens (tertiary/aromatic N) is 2. The summed E-state index contributed by atoms with van der Waals surface area (Å²) in [6, 6.07) is 0. The highest BCUT2D eigenvalue weighted by molar-refractivity contribution is 9.10. The molecule has 0 aromatic carbocycles. The second-order valence-electron chi connectivity index (χ2n) is 2.21. The molecule has 0 aliphatic rings. The van der Waals surface area contributed by atoms with Crippen LogP contribution in [0.3, 0.4) is 0 Å². The lowest BCUT2D eigenvalue weighted by molar-refractivity contribution is 0.407. The van der Waals surface area contributed by atoms with E-state index < -0.39 is 0 Å². The molecule has 0 aliphatic heterocycles. The lowest BCUT2D eigenvalue weighted by Gasteiger charge is -2.05. The molecule has 0 saturated heterocycles. The Balaban J connectivity index is 3.06. The van der Waals surface area contributed by atoms with Crippen molar-refractivity contribution in [3.05, 3.63) is 22.4 Å². The molecule has 0 spiro atoms. The van der Waals surface area contributed by atoms with Gasteiger partial charge in [0.05, 0.1) is 19.9 Å². The van der Waals surface area contributed by atoms with Crippen molar-refractivity contribution in [3.8, 4) is 5.75 Å². The zero-order chi connectivity index (χ0) is 9.68. The van der Waals surface area contributed by atoms with E-state index in [-0.39, 0.29) is 6.54 Å². The van der Waals surface area contributed by atoms with Crippen molar-refractivity contribution in [2.75, 3.05) is 7.11 Å². The van der Waals surface area contributed by atoms with Gasteiger partial charge in [-0.25, -0.2) is 9.79 Å². The highest BCUT2D eigenvalue weighted by Crippen LogP contribution is 2.25. The van der Waals surface area contributed by atoms with E-state index in [1.54, 1.807) is 12.4 Å². The second kappa shape index (κ2) is 4.74. The Labute approximate surface area is 83.8 Å². The topological polar surface area (TPSA) is 51.6 Å². The van der Waals surface area contributed by atoms with Crippen LogP contribution >= 0.6 is 15.9 Å². The number of isocyanates is 1. The van der Waals surface area contributed by atoms with Gasteiger partial charge in [0, 0.05) is 16.2 Å². The second-order valence-corrected chi connectivity index (χ2v) is 3.06. The molecule has 0 fully saturated rings. The number of hydrogen-bond donors (Lipinski definition) is 0. The van der Waals surface area contributed by atoms with Crippen LogP contribution in [-0.2, 0) is 11.3 Å². The average molecular weight is 243 g/mol. The maximum Gasteiger partial charge on any atom is 0.235 e. The molecule has 13 heavy (non-hydrogen) atoms. The first-order chi connectivity index (χ1) is 6.29. The van der Waals surface area contributed by atoms with Crippen LogP contribution < -0.4 is 4.74 Å². The van der Waals surface area contributed by atoms with Gasteiger partial charge in [-0.2, -0.15) is 0 Å². The summed E-state index contributed by atoms with van der Waals surface area (Å²) in [7, 11) is 1.54. The highest BCUT2D eigenvalue weighted by atomic mass is 79.9. The Morgan fingerprint density at radius 1 is 1.69 bits per heavy atom. The predicted octanol–water partition coefficient (Wildman–Crippen LogP) is 1.69. The van der Waals surface area contributed by atoms with Crippen molar-refractivity contribution in [2.45, 2.75) is 6.54 Å². The van der Waals surface area contributed by atoms with Gasteiger partial charge >= 0.3 is 0 Å². The van der Waals surface area contributed by atoms with E-state index >= 15 is 0 Å². The zero-order valence-corrected chi connectivity index (χ0v) is 8.54. The van der Waals surface area contributed by atoms with Gasteiger partial charge in [-0.15, -0.1) is 0 Å². The highest BCUT2D eigenvalue weighted by Gasteiger charge is 2.06. The van der Waals surface area contributed by atoms with Crippen LogP contribution in [0.5, 0.6) is 5.75 Å². The summed E-state index contributed by atoms with van der Waals surface area (Å²) < 4.78 is 5.81. The van der Waals surface area contributed by atoms with Gasteiger partial charge < -0.3 is 4.74 Å². The summed E-state index contributed by atoms with van der Waals surface area (Å²) in [5.41, 5.74) is 0.792. The van der Waals surface area contributed by atoms with Crippen molar-refractivity contribution < 1.29 is 9.53 Å². The van der Waals surface area contributed by atoms with Crippen LogP contribution in [0.2, 0.25) is 0 Å². The van der Waals surface area contributed by atoms with Gasteiger partial charge in [-0.3, -0.25) is 4.98 Å². The number of ether oxygens (including phenoxy) is 1. The molecule has 4 nitrogen and oxygen atoms in total. The minimum absolute atomic E-state index is 0.246. The van der Waals surface area contributed by atoms with Crippen LogP contribution in [0.4, 0.5) is 0 Å². The number of aliphatic imine (C=N–C) groups is 1. The Hall–Kier alpha value is -1.19. The smallest absolute Gasteiger partial charge is 0.235 e. The molecular formula is C8H7BrN2O2. The third kappa shape index (κ3) is 2.37. The molecule has 0 unspecified atom stereocenters. The Morgan fingerprint density at radius 2 is 2.46 bits per heavy atom. The average Bonchev–Trinajstić information content (AvgIpc) is 2.15. The van der Waals surface area contributed by atoms with Crippen molar-refractivity contribution in [1.29, 1.82) is 0 Å². The van der Waals surface area contributed by atoms with E-state index in [9.17, 15) is 4.79 Å². The van der Waals surface area contributed by atoms with E-state index in [0.717, 1.165) is 10.0 Å². The van der Waals surface area contributed by atoms with Crippen molar-refractivity contribution in [3.63, 3.8) is 0 Å². The molecule has 1 aromatic rings. The van der Waals surface area contributed by atoms with Crippen LogP contribution in [0, 0.1) is 0 Å². The standard InChI is InChI=1S/C8H7BrN2O2/c1-13-8-4-10-3-7(9)6(8)2-11-5-12/h3-4H,2H2,1H3. The maximum atomic E-state index is 9.93. The molecular weight excluding hydrogens is 236 g/mol. The number of halogens is 1. The van der Waals surface area contributed by atoms with Crippen molar-refractivity contribution >= 4 is 22.0 Å². The zero-order valence-electron chi connectivity index (χ0n) is 6.95. The first kappa shape index (κ1) is 9.89. The Bertz CT molecular complexity index is 348. The van der Waals surface area contributed by atoms with Crippen LogP contribution in [0.25, 0.3) is 0 Å². The number of carbonyl (C=O) groups excluding carboxylic acids is 1. The molecule has 0 N–H and O–H groups in total. The predicted molar refractivity (Wildman–Crippen MR) is 50.3 cm³/mol. The largest absolute Gasteiger partial charge is 0.495 e. The molecule has 1 rings (SSSR count). The van der Waals surface area contributed by atoms with Gasteiger partial charge in [0.1, 0.15) is 5.75 Å². The van der Waals surface area contributed by atoms with E-state index in [0.29, 0.717) is 5.75 Å². The van der Waals surface area contributed by atoms with E-state index in [4.69, 9.17) is 4.74 Å². The summed E-state index contributed by atoms with van der Waals surface area (Å²) in [6.07, 6.45) is 4.67. The minimum Gasteiger partial charge on any atom is -0.495 e. The molecule has 0 saturated carbocycles. The Morgan fingerprint density at radius 3 is 3.08 bits per heavy atom.